The lowest BCUT2D eigenvalue weighted by molar-refractivity contribution is -0.111. The second kappa shape index (κ2) is 9.93. The monoisotopic (exact) mass is 412 g/mol. The highest BCUT2D eigenvalue weighted by atomic mass is 16.3. The van der Waals surface area contributed by atoms with E-state index in [0.29, 0.717) is 18.8 Å². The summed E-state index contributed by atoms with van der Waals surface area (Å²) < 4.78 is 0. The molecule has 30 heavy (non-hydrogen) atoms. The second-order valence-corrected chi connectivity index (χ2v) is 10.5. The first-order valence-corrected chi connectivity index (χ1v) is 11.1. The van der Waals surface area contributed by atoms with E-state index in [0.717, 1.165) is 36.1 Å². The predicted molar refractivity (Wildman–Crippen MR) is 126 cm³/mol. The first kappa shape index (κ1) is 24.4. The van der Waals surface area contributed by atoms with Crippen LogP contribution >= 0.6 is 0 Å². The number of para-hydroxylation sites is 1. The van der Waals surface area contributed by atoms with E-state index >= 15 is 0 Å². The third kappa shape index (κ3) is 6.82. The number of rotatable bonds is 7. The summed E-state index contributed by atoms with van der Waals surface area (Å²) in [6.45, 7) is 16.9. The van der Waals surface area contributed by atoms with Crippen LogP contribution in [0, 0.1) is 5.41 Å². The maximum absolute atomic E-state index is 12.6. The minimum atomic E-state index is -0.0881. The van der Waals surface area contributed by atoms with Crippen LogP contribution in [0.25, 0.3) is 0 Å². The van der Waals surface area contributed by atoms with Gasteiger partial charge in [-0.3, -0.25) is 4.79 Å². The van der Waals surface area contributed by atoms with Gasteiger partial charge in [0.05, 0.1) is 0 Å². The van der Waals surface area contributed by atoms with Crippen LogP contribution in [0.15, 0.2) is 41.5 Å². The Hall–Kier alpha value is -1.91. The van der Waals surface area contributed by atoms with Gasteiger partial charge in [0.2, 0.25) is 0 Å². The summed E-state index contributed by atoms with van der Waals surface area (Å²) >= 11 is 0. The second-order valence-electron chi connectivity index (χ2n) is 10.5. The largest absolute Gasteiger partial charge is 0.507 e. The Morgan fingerprint density at radius 1 is 1.07 bits per heavy atom. The number of hydrogen-bond donors (Lipinski definition) is 3. The van der Waals surface area contributed by atoms with E-state index in [2.05, 4.69) is 65.2 Å². The molecule has 1 aromatic carbocycles. The number of allylic oxidation sites excluding steroid dienone is 3. The third-order valence-corrected chi connectivity index (χ3v) is 5.72. The summed E-state index contributed by atoms with van der Waals surface area (Å²) in [7, 11) is 0. The van der Waals surface area contributed by atoms with E-state index in [1.165, 1.54) is 5.57 Å². The summed E-state index contributed by atoms with van der Waals surface area (Å²) in [6.07, 6.45) is 5.80. The highest BCUT2D eigenvalue weighted by Gasteiger charge is 2.22. The summed E-state index contributed by atoms with van der Waals surface area (Å²) in [5, 5.41) is 17.5. The van der Waals surface area contributed by atoms with E-state index in [9.17, 15) is 9.90 Å². The number of phenolic OH excluding ortho intramolecular Hbond substituents is 1. The Kier molecular flexibility index (Phi) is 8.06. The number of carbonyl (C=O) groups excluding carboxylic acids is 1. The normalized spacial score (nSPS) is 16.7. The first-order valence-electron chi connectivity index (χ1n) is 11.1. The van der Waals surface area contributed by atoms with Crippen LogP contribution in [-0.4, -0.2) is 30.0 Å². The van der Waals surface area contributed by atoms with Crippen molar-refractivity contribution in [2.75, 3.05) is 13.1 Å². The molecule has 0 radical (unpaired) electrons. The third-order valence-electron chi connectivity index (χ3n) is 5.72. The van der Waals surface area contributed by atoms with E-state index in [1.54, 1.807) is 0 Å². The van der Waals surface area contributed by atoms with Gasteiger partial charge in [-0.15, -0.1) is 0 Å². The van der Waals surface area contributed by atoms with Crippen molar-refractivity contribution >= 4 is 5.78 Å². The maximum atomic E-state index is 12.6. The van der Waals surface area contributed by atoms with Gasteiger partial charge in [-0.05, 0) is 42.2 Å². The minimum Gasteiger partial charge on any atom is -0.507 e. The molecule has 4 nitrogen and oxygen atoms in total. The Morgan fingerprint density at radius 3 is 2.40 bits per heavy atom. The lowest BCUT2D eigenvalue weighted by Crippen LogP contribution is -2.37. The van der Waals surface area contributed by atoms with Crippen molar-refractivity contribution in [3.8, 4) is 5.75 Å². The van der Waals surface area contributed by atoms with Crippen LogP contribution in [-0.2, 0) is 16.8 Å². The fraction of sp³-hybridized carbons (Fsp3) is 0.577. The summed E-state index contributed by atoms with van der Waals surface area (Å²) in [6, 6.07) is 6.16. The van der Waals surface area contributed by atoms with Crippen molar-refractivity contribution < 1.29 is 9.90 Å². The summed E-state index contributed by atoms with van der Waals surface area (Å²) in [4.78, 5) is 12.6. The van der Waals surface area contributed by atoms with Crippen molar-refractivity contribution in [3.63, 3.8) is 0 Å². The van der Waals surface area contributed by atoms with Gasteiger partial charge in [0.15, 0.2) is 5.78 Å². The van der Waals surface area contributed by atoms with Gasteiger partial charge in [0.25, 0.3) is 0 Å². The predicted octanol–water partition coefficient (Wildman–Crippen LogP) is 5.02. The van der Waals surface area contributed by atoms with E-state index < -0.39 is 0 Å². The van der Waals surface area contributed by atoms with Gasteiger partial charge in [-0.1, -0.05) is 71.4 Å². The Balaban J connectivity index is 1.85. The average molecular weight is 413 g/mol. The highest BCUT2D eigenvalue weighted by Crippen LogP contribution is 2.33. The standard InChI is InChI=1S/C26H40N2O2/c1-18(15-27-16-20-11-9-13-22(24(20)30)26(5,6)7)28-17-19-10-8-12-21(14-23(19)29)25(2,3)4/h9-11,13-14,18,27-28,30H,8,12,15-17H2,1-7H3. The lowest BCUT2D eigenvalue weighted by Gasteiger charge is -2.22. The van der Waals surface area contributed by atoms with Crippen LogP contribution in [0.4, 0.5) is 0 Å². The maximum Gasteiger partial charge on any atom is 0.182 e. The lowest BCUT2D eigenvalue weighted by atomic mass is 9.83. The molecule has 0 spiro atoms. The minimum absolute atomic E-state index is 0.0411. The zero-order chi connectivity index (χ0) is 22.5. The molecule has 1 atom stereocenters. The van der Waals surface area contributed by atoms with Gasteiger partial charge in [-0.25, -0.2) is 0 Å². The van der Waals surface area contributed by atoms with Crippen LogP contribution in [0.1, 0.15) is 72.4 Å². The van der Waals surface area contributed by atoms with Crippen molar-refractivity contribution in [2.24, 2.45) is 5.41 Å². The van der Waals surface area contributed by atoms with Crippen LogP contribution < -0.4 is 10.6 Å². The topological polar surface area (TPSA) is 61.4 Å². The van der Waals surface area contributed by atoms with Crippen LogP contribution in [0.2, 0.25) is 0 Å². The van der Waals surface area contributed by atoms with E-state index in [-0.39, 0.29) is 22.7 Å². The number of carbonyl (C=O) groups is 1. The number of hydrogen-bond acceptors (Lipinski definition) is 4. The molecule has 1 aromatic rings. The zero-order valence-corrected chi connectivity index (χ0v) is 19.9. The molecule has 3 N–H and O–H groups in total. The number of phenols is 1. The molecule has 1 unspecified atom stereocenters. The fourth-order valence-electron chi connectivity index (χ4n) is 3.70. The van der Waals surface area contributed by atoms with Gasteiger partial charge >= 0.3 is 0 Å². The van der Waals surface area contributed by atoms with Crippen molar-refractivity contribution in [2.45, 2.75) is 79.3 Å². The van der Waals surface area contributed by atoms with Gasteiger partial charge in [0.1, 0.15) is 5.75 Å². The number of benzene rings is 1. The van der Waals surface area contributed by atoms with E-state index in [4.69, 9.17) is 0 Å². The molecule has 2 rings (SSSR count). The van der Waals surface area contributed by atoms with E-state index in [1.807, 2.05) is 24.3 Å². The quantitative estimate of drug-likeness (QED) is 0.588. The molecule has 1 aliphatic carbocycles. The Labute approximate surface area is 182 Å². The van der Waals surface area contributed by atoms with Crippen molar-refractivity contribution in [1.29, 1.82) is 0 Å². The Bertz CT molecular complexity index is 807. The molecule has 0 bridgehead atoms. The molecule has 0 fully saturated rings. The fourth-order valence-corrected chi connectivity index (χ4v) is 3.70. The SMILES string of the molecule is CC(CNCc1cccc(C(C)(C)C)c1O)NCC1=CCCC(C(C)(C)C)=CC1=O. The molecule has 0 amide bonds. The molecule has 0 aromatic heterocycles. The summed E-state index contributed by atoms with van der Waals surface area (Å²) in [5.41, 5.74) is 3.92. The Morgan fingerprint density at radius 2 is 1.77 bits per heavy atom. The van der Waals surface area contributed by atoms with Crippen molar-refractivity contribution in [3.05, 3.63) is 52.6 Å². The molecule has 0 aliphatic heterocycles. The number of ketones is 1. The summed E-state index contributed by atoms with van der Waals surface area (Å²) in [5.74, 6) is 0.516. The van der Waals surface area contributed by atoms with Crippen LogP contribution in [0.3, 0.4) is 0 Å². The van der Waals surface area contributed by atoms with Gasteiger partial charge in [-0.2, -0.15) is 0 Å². The molecular weight excluding hydrogens is 372 g/mol. The van der Waals surface area contributed by atoms with Gasteiger partial charge in [0, 0.05) is 36.8 Å². The molecule has 1 aliphatic rings. The number of aromatic hydroxyl groups is 1. The molecule has 0 saturated carbocycles. The smallest absolute Gasteiger partial charge is 0.182 e. The highest BCUT2D eigenvalue weighted by molar-refractivity contribution is 6.05. The molecule has 4 heteroatoms. The van der Waals surface area contributed by atoms with Crippen LogP contribution in [0.5, 0.6) is 5.75 Å². The molecular formula is C26H40N2O2. The molecule has 0 saturated heterocycles. The molecule has 166 valence electrons. The molecule has 0 heterocycles. The number of nitrogens with one attached hydrogen (secondary N) is 2. The average Bonchev–Trinajstić information content (AvgIpc) is 2.81. The zero-order valence-electron chi connectivity index (χ0n) is 19.9. The van der Waals surface area contributed by atoms with Crippen molar-refractivity contribution in [1.82, 2.24) is 10.6 Å². The first-order chi connectivity index (χ1) is 13.9. The van der Waals surface area contributed by atoms with Gasteiger partial charge < -0.3 is 15.7 Å².